The van der Waals surface area contributed by atoms with Crippen molar-refractivity contribution in [3.8, 4) is 0 Å². The van der Waals surface area contributed by atoms with Crippen LogP contribution >= 0.6 is 0 Å². The molecular weight excluding hydrogens is 234 g/mol. The predicted molar refractivity (Wildman–Crippen MR) is 80.1 cm³/mol. The summed E-state index contributed by atoms with van der Waals surface area (Å²) in [5.74, 6) is 0.742. The Morgan fingerprint density at radius 3 is 3.05 bits per heavy atom. The van der Waals surface area contributed by atoms with Crippen molar-refractivity contribution in [2.75, 3.05) is 19.6 Å². The molecule has 0 aliphatic carbocycles. The summed E-state index contributed by atoms with van der Waals surface area (Å²) in [4.78, 5) is 7.18. The molecule has 1 fully saturated rings. The van der Waals surface area contributed by atoms with Gasteiger partial charge in [0.1, 0.15) is 0 Å². The van der Waals surface area contributed by atoms with Crippen LogP contribution in [0.4, 0.5) is 0 Å². The van der Waals surface area contributed by atoms with E-state index in [1.54, 1.807) is 0 Å². The monoisotopic (exact) mass is 261 g/mol. The summed E-state index contributed by atoms with van der Waals surface area (Å²) in [5, 5.41) is 3.70. The van der Waals surface area contributed by atoms with Crippen molar-refractivity contribution in [2.24, 2.45) is 5.92 Å². The van der Waals surface area contributed by atoms with E-state index < -0.39 is 0 Å². The van der Waals surface area contributed by atoms with Crippen molar-refractivity contribution in [3.63, 3.8) is 0 Å². The molecule has 3 heteroatoms. The summed E-state index contributed by atoms with van der Waals surface area (Å²) < 4.78 is 0. The van der Waals surface area contributed by atoms with Gasteiger partial charge in [-0.15, -0.1) is 0 Å². The van der Waals surface area contributed by atoms with E-state index in [1.807, 2.05) is 0 Å². The Morgan fingerprint density at radius 2 is 2.32 bits per heavy atom. The molecule has 3 nitrogen and oxygen atoms in total. The zero-order chi connectivity index (χ0) is 13.7. The van der Waals surface area contributed by atoms with Crippen LogP contribution in [0.1, 0.15) is 38.1 Å². The van der Waals surface area contributed by atoms with Crippen LogP contribution in [-0.4, -0.2) is 35.6 Å². The van der Waals surface area contributed by atoms with Crippen LogP contribution in [0.3, 0.4) is 0 Å². The third-order valence-corrected chi connectivity index (χ3v) is 4.17. The molecule has 1 aliphatic heterocycles. The van der Waals surface area contributed by atoms with Gasteiger partial charge in [0.15, 0.2) is 0 Å². The highest BCUT2D eigenvalue weighted by Gasteiger charge is 2.21. The number of hydrogen-bond acceptors (Lipinski definition) is 3. The standard InChI is InChI=1S/C16H27N3/c1-4-13(2)16-12-19(10-6-9-17-16)11-15-8-5-7-14(3)18-15/h5,7-8,13,16-17H,4,6,9-12H2,1-3H3. The Balaban J connectivity index is 1.98. The SMILES string of the molecule is CCC(C)C1CN(Cc2cccc(C)n2)CCCN1. The highest BCUT2D eigenvalue weighted by Crippen LogP contribution is 2.14. The third-order valence-electron chi connectivity index (χ3n) is 4.17. The average Bonchev–Trinajstić information content (AvgIpc) is 2.63. The Kier molecular flexibility index (Phi) is 5.34. The zero-order valence-corrected chi connectivity index (χ0v) is 12.5. The van der Waals surface area contributed by atoms with E-state index >= 15 is 0 Å². The normalized spacial score (nSPS) is 23.0. The van der Waals surface area contributed by atoms with Crippen LogP contribution in [0.2, 0.25) is 0 Å². The fraction of sp³-hybridized carbons (Fsp3) is 0.688. The maximum Gasteiger partial charge on any atom is 0.0547 e. The van der Waals surface area contributed by atoms with Crippen LogP contribution in [0.25, 0.3) is 0 Å². The van der Waals surface area contributed by atoms with Crippen molar-refractivity contribution >= 4 is 0 Å². The molecule has 0 bridgehead atoms. The molecule has 1 aromatic rings. The van der Waals surface area contributed by atoms with Gasteiger partial charge in [-0.05, 0) is 44.5 Å². The molecular formula is C16H27N3. The van der Waals surface area contributed by atoms with Crippen LogP contribution < -0.4 is 5.32 Å². The number of pyridine rings is 1. The molecule has 1 aliphatic rings. The van der Waals surface area contributed by atoms with Gasteiger partial charge in [0.25, 0.3) is 0 Å². The smallest absolute Gasteiger partial charge is 0.0547 e. The van der Waals surface area contributed by atoms with Crippen LogP contribution in [0.15, 0.2) is 18.2 Å². The van der Waals surface area contributed by atoms with Crippen LogP contribution in [0.5, 0.6) is 0 Å². The van der Waals surface area contributed by atoms with Crippen molar-refractivity contribution < 1.29 is 0 Å². The molecule has 2 rings (SSSR count). The molecule has 1 saturated heterocycles. The van der Waals surface area contributed by atoms with Crippen LogP contribution in [-0.2, 0) is 6.54 Å². The van der Waals surface area contributed by atoms with E-state index in [1.165, 1.54) is 25.1 Å². The molecule has 2 unspecified atom stereocenters. The summed E-state index contributed by atoms with van der Waals surface area (Å²) in [7, 11) is 0. The predicted octanol–water partition coefficient (Wildman–Crippen LogP) is 2.60. The molecule has 1 aromatic heterocycles. The van der Waals surface area contributed by atoms with Gasteiger partial charge in [-0.25, -0.2) is 0 Å². The van der Waals surface area contributed by atoms with E-state index in [0.717, 1.165) is 31.2 Å². The van der Waals surface area contributed by atoms with Gasteiger partial charge >= 0.3 is 0 Å². The number of nitrogens with one attached hydrogen (secondary N) is 1. The lowest BCUT2D eigenvalue weighted by Crippen LogP contribution is -2.41. The maximum absolute atomic E-state index is 4.63. The minimum absolute atomic E-state index is 0.623. The van der Waals surface area contributed by atoms with Crippen molar-refractivity contribution in [3.05, 3.63) is 29.6 Å². The second kappa shape index (κ2) is 7.01. The highest BCUT2D eigenvalue weighted by molar-refractivity contribution is 5.09. The number of nitrogens with zero attached hydrogens (tertiary/aromatic N) is 2. The summed E-state index contributed by atoms with van der Waals surface area (Å²) >= 11 is 0. The number of rotatable bonds is 4. The van der Waals surface area contributed by atoms with Gasteiger partial charge in [-0.3, -0.25) is 9.88 Å². The van der Waals surface area contributed by atoms with Gasteiger partial charge in [0.05, 0.1) is 5.69 Å². The Hall–Kier alpha value is -0.930. The number of hydrogen-bond donors (Lipinski definition) is 1. The third kappa shape index (κ3) is 4.29. The van der Waals surface area contributed by atoms with Gasteiger partial charge in [-0.2, -0.15) is 0 Å². The summed E-state index contributed by atoms with van der Waals surface area (Å²) in [6.45, 7) is 11.1. The van der Waals surface area contributed by atoms with Crippen molar-refractivity contribution in [1.29, 1.82) is 0 Å². The lowest BCUT2D eigenvalue weighted by Gasteiger charge is -2.27. The molecule has 0 amide bonds. The molecule has 0 aromatic carbocycles. The largest absolute Gasteiger partial charge is 0.312 e. The van der Waals surface area contributed by atoms with E-state index in [9.17, 15) is 0 Å². The highest BCUT2D eigenvalue weighted by atomic mass is 15.2. The second-order valence-corrected chi connectivity index (χ2v) is 5.81. The molecule has 19 heavy (non-hydrogen) atoms. The molecule has 2 atom stereocenters. The van der Waals surface area contributed by atoms with Gasteiger partial charge in [-0.1, -0.05) is 26.3 Å². The average molecular weight is 261 g/mol. The Morgan fingerprint density at radius 1 is 1.47 bits per heavy atom. The van der Waals surface area contributed by atoms with E-state index in [-0.39, 0.29) is 0 Å². The molecule has 0 spiro atoms. The quantitative estimate of drug-likeness (QED) is 0.903. The fourth-order valence-electron chi connectivity index (χ4n) is 2.75. The first-order valence-corrected chi connectivity index (χ1v) is 7.57. The van der Waals surface area contributed by atoms with Crippen molar-refractivity contribution in [2.45, 2.75) is 46.2 Å². The summed E-state index contributed by atoms with van der Waals surface area (Å²) in [5.41, 5.74) is 2.31. The summed E-state index contributed by atoms with van der Waals surface area (Å²) in [6.07, 6.45) is 2.48. The second-order valence-electron chi connectivity index (χ2n) is 5.81. The first-order chi connectivity index (χ1) is 9.19. The minimum Gasteiger partial charge on any atom is -0.312 e. The molecule has 2 heterocycles. The Labute approximate surface area is 117 Å². The molecule has 0 radical (unpaired) electrons. The lowest BCUT2D eigenvalue weighted by molar-refractivity contribution is 0.229. The van der Waals surface area contributed by atoms with Crippen LogP contribution in [0, 0.1) is 12.8 Å². The first kappa shape index (κ1) is 14.5. The zero-order valence-electron chi connectivity index (χ0n) is 12.5. The van der Waals surface area contributed by atoms with E-state index in [2.05, 4.69) is 54.2 Å². The van der Waals surface area contributed by atoms with Gasteiger partial charge in [0, 0.05) is 24.8 Å². The minimum atomic E-state index is 0.623. The van der Waals surface area contributed by atoms with Gasteiger partial charge < -0.3 is 5.32 Å². The van der Waals surface area contributed by atoms with E-state index in [0.29, 0.717) is 6.04 Å². The molecule has 1 N–H and O–H groups in total. The van der Waals surface area contributed by atoms with Gasteiger partial charge in [0.2, 0.25) is 0 Å². The topological polar surface area (TPSA) is 28.2 Å². The summed E-state index contributed by atoms with van der Waals surface area (Å²) in [6, 6.07) is 6.94. The number of aryl methyl sites for hydroxylation is 1. The lowest BCUT2D eigenvalue weighted by atomic mass is 9.99. The first-order valence-electron chi connectivity index (χ1n) is 7.57. The molecule has 0 saturated carbocycles. The Bertz CT molecular complexity index is 391. The fourth-order valence-corrected chi connectivity index (χ4v) is 2.75. The number of aromatic nitrogens is 1. The maximum atomic E-state index is 4.63. The molecule has 106 valence electrons. The van der Waals surface area contributed by atoms with Crippen molar-refractivity contribution in [1.82, 2.24) is 15.2 Å². The van der Waals surface area contributed by atoms with E-state index in [4.69, 9.17) is 0 Å².